The third-order valence-electron chi connectivity index (χ3n) is 3.20. The lowest BCUT2D eigenvalue weighted by Crippen LogP contribution is -2.46. The smallest absolute Gasteiger partial charge is 0.317 e. The van der Waals surface area contributed by atoms with E-state index in [0.717, 1.165) is 19.4 Å². The minimum Gasteiger partial charge on any atom is -0.481 e. The summed E-state index contributed by atoms with van der Waals surface area (Å²) in [6.07, 6.45) is 1.79. The van der Waals surface area contributed by atoms with Gasteiger partial charge >= 0.3 is 12.0 Å². The van der Waals surface area contributed by atoms with Gasteiger partial charge in [0.15, 0.2) is 0 Å². The predicted octanol–water partition coefficient (Wildman–Crippen LogP) is 0.444. The highest BCUT2D eigenvalue weighted by Gasteiger charge is 2.23. The first kappa shape index (κ1) is 14.8. The standard InChI is InChI=1S/C12H23N3O3/c1-14(2)8-5-13-12(18)15-6-3-10(4-7-15)9-11(16)17/h10H,3-9H2,1-2H3,(H,13,18)(H,16,17). The highest BCUT2D eigenvalue weighted by Crippen LogP contribution is 2.20. The maximum absolute atomic E-state index is 11.8. The number of urea groups is 1. The van der Waals surface area contributed by atoms with Crippen molar-refractivity contribution in [2.24, 2.45) is 5.92 Å². The number of hydrogen-bond donors (Lipinski definition) is 2. The molecule has 1 aliphatic heterocycles. The number of carboxylic acids is 1. The molecule has 2 amide bonds. The summed E-state index contributed by atoms with van der Waals surface area (Å²) in [6.45, 7) is 2.78. The van der Waals surface area contributed by atoms with Gasteiger partial charge in [-0.3, -0.25) is 4.79 Å². The summed E-state index contributed by atoms with van der Waals surface area (Å²) < 4.78 is 0. The molecule has 1 fully saturated rings. The Morgan fingerprint density at radius 3 is 2.44 bits per heavy atom. The number of hydrogen-bond acceptors (Lipinski definition) is 3. The van der Waals surface area contributed by atoms with E-state index in [9.17, 15) is 9.59 Å². The molecule has 0 aliphatic carbocycles. The second-order valence-electron chi connectivity index (χ2n) is 5.06. The van der Waals surface area contributed by atoms with E-state index in [1.807, 2.05) is 19.0 Å². The first-order valence-electron chi connectivity index (χ1n) is 6.38. The largest absolute Gasteiger partial charge is 0.481 e. The molecule has 1 rings (SSSR count). The molecule has 0 radical (unpaired) electrons. The number of piperidine rings is 1. The molecule has 0 atom stereocenters. The van der Waals surface area contributed by atoms with Crippen molar-refractivity contribution in [2.75, 3.05) is 40.3 Å². The quantitative estimate of drug-likeness (QED) is 0.750. The molecule has 0 aromatic heterocycles. The number of nitrogens with zero attached hydrogens (tertiary/aromatic N) is 2. The Hall–Kier alpha value is -1.30. The van der Waals surface area contributed by atoms with Gasteiger partial charge in [0.1, 0.15) is 0 Å². The number of carboxylic acid groups (broad SMARTS) is 1. The molecule has 0 unspecified atom stereocenters. The third kappa shape index (κ3) is 5.35. The van der Waals surface area contributed by atoms with Crippen LogP contribution in [0, 0.1) is 5.92 Å². The number of likely N-dealkylation sites (N-methyl/N-ethyl adjacent to an activating group) is 1. The second-order valence-corrected chi connectivity index (χ2v) is 5.06. The zero-order valence-electron chi connectivity index (χ0n) is 11.2. The Labute approximate surface area is 108 Å². The molecular weight excluding hydrogens is 234 g/mol. The van der Waals surface area contributed by atoms with E-state index in [4.69, 9.17) is 5.11 Å². The summed E-state index contributed by atoms with van der Waals surface area (Å²) in [6, 6.07) is -0.0365. The van der Waals surface area contributed by atoms with Gasteiger partial charge < -0.3 is 20.2 Å². The van der Waals surface area contributed by atoms with Crippen LogP contribution in [0.1, 0.15) is 19.3 Å². The molecule has 18 heavy (non-hydrogen) atoms. The van der Waals surface area contributed by atoms with Crippen LogP contribution in [0.15, 0.2) is 0 Å². The minimum absolute atomic E-state index is 0.0365. The van der Waals surface area contributed by atoms with Gasteiger partial charge in [-0.05, 0) is 32.9 Å². The molecule has 1 heterocycles. The fourth-order valence-electron chi connectivity index (χ4n) is 2.09. The van der Waals surface area contributed by atoms with Gasteiger partial charge in [0.05, 0.1) is 0 Å². The highest BCUT2D eigenvalue weighted by atomic mass is 16.4. The Kier molecular flexibility index (Phi) is 5.91. The van der Waals surface area contributed by atoms with Crippen LogP contribution in [-0.2, 0) is 4.79 Å². The van der Waals surface area contributed by atoms with Crippen molar-refractivity contribution >= 4 is 12.0 Å². The van der Waals surface area contributed by atoms with Gasteiger partial charge in [-0.1, -0.05) is 0 Å². The molecule has 6 nitrogen and oxygen atoms in total. The molecule has 0 bridgehead atoms. The summed E-state index contributed by atoms with van der Waals surface area (Å²) in [5.74, 6) is -0.530. The van der Waals surface area contributed by atoms with Crippen LogP contribution < -0.4 is 5.32 Å². The molecular formula is C12H23N3O3. The van der Waals surface area contributed by atoms with E-state index in [1.54, 1.807) is 4.90 Å². The monoisotopic (exact) mass is 257 g/mol. The van der Waals surface area contributed by atoms with Crippen LogP contribution in [-0.4, -0.2) is 67.2 Å². The summed E-state index contributed by atoms with van der Waals surface area (Å²) in [5.41, 5.74) is 0. The Bertz CT molecular complexity index is 286. The maximum atomic E-state index is 11.8. The third-order valence-corrected chi connectivity index (χ3v) is 3.20. The number of aliphatic carboxylic acids is 1. The van der Waals surface area contributed by atoms with Crippen LogP contribution in [0.25, 0.3) is 0 Å². The number of amides is 2. The average molecular weight is 257 g/mol. The highest BCUT2D eigenvalue weighted by molar-refractivity contribution is 5.74. The SMILES string of the molecule is CN(C)CCNC(=O)N1CCC(CC(=O)O)CC1. The van der Waals surface area contributed by atoms with Crippen molar-refractivity contribution < 1.29 is 14.7 Å². The van der Waals surface area contributed by atoms with Crippen molar-refractivity contribution in [1.82, 2.24) is 15.1 Å². The van der Waals surface area contributed by atoms with Gasteiger partial charge in [0.25, 0.3) is 0 Å². The first-order chi connectivity index (χ1) is 8.49. The lowest BCUT2D eigenvalue weighted by atomic mass is 9.94. The fourth-order valence-corrected chi connectivity index (χ4v) is 2.09. The van der Waals surface area contributed by atoms with Crippen LogP contribution >= 0.6 is 0 Å². The lowest BCUT2D eigenvalue weighted by Gasteiger charge is -2.31. The zero-order valence-corrected chi connectivity index (χ0v) is 11.2. The molecule has 104 valence electrons. The van der Waals surface area contributed by atoms with Crippen molar-refractivity contribution in [2.45, 2.75) is 19.3 Å². The number of carbonyl (C=O) groups excluding carboxylic acids is 1. The van der Waals surface area contributed by atoms with Gasteiger partial charge in [-0.25, -0.2) is 4.79 Å². The lowest BCUT2D eigenvalue weighted by molar-refractivity contribution is -0.138. The van der Waals surface area contributed by atoms with E-state index in [-0.39, 0.29) is 18.4 Å². The van der Waals surface area contributed by atoms with Gasteiger partial charge in [-0.2, -0.15) is 0 Å². The number of likely N-dealkylation sites (tertiary alicyclic amines) is 1. The Morgan fingerprint density at radius 2 is 1.94 bits per heavy atom. The van der Waals surface area contributed by atoms with Gasteiger partial charge in [-0.15, -0.1) is 0 Å². The molecule has 0 spiro atoms. The van der Waals surface area contributed by atoms with Crippen molar-refractivity contribution in [3.63, 3.8) is 0 Å². The van der Waals surface area contributed by atoms with E-state index in [0.29, 0.717) is 19.6 Å². The normalized spacial score (nSPS) is 16.9. The average Bonchev–Trinajstić information content (AvgIpc) is 2.28. The van der Waals surface area contributed by atoms with E-state index >= 15 is 0 Å². The summed E-state index contributed by atoms with van der Waals surface area (Å²) in [7, 11) is 3.92. The van der Waals surface area contributed by atoms with Crippen LogP contribution in [0.3, 0.4) is 0 Å². The van der Waals surface area contributed by atoms with Crippen LogP contribution in [0.2, 0.25) is 0 Å². The minimum atomic E-state index is -0.746. The Balaban J connectivity index is 2.21. The summed E-state index contributed by atoms with van der Waals surface area (Å²) >= 11 is 0. The Morgan fingerprint density at radius 1 is 1.33 bits per heavy atom. The van der Waals surface area contributed by atoms with Crippen LogP contribution in [0.4, 0.5) is 4.79 Å². The topological polar surface area (TPSA) is 72.9 Å². The molecule has 0 aromatic carbocycles. The number of nitrogens with one attached hydrogen (secondary N) is 1. The predicted molar refractivity (Wildman–Crippen MR) is 68.5 cm³/mol. The van der Waals surface area contributed by atoms with Crippen molar-refractivity contribution in [3.8, 4) is 0 Å². The molecule has 0 saturated carbocycles. The molecule has 0 aromatic rings. The first-order valence-corrected chi connectivity index (χ1v) is 6.38. The number of rotatable bonds is 5. The van der Waals surface area contributed by atoms with Gasteiger partial charge in [0, 0.05) is 32.6 Å². The molecule has 6 heteroatoms. The van der Waals surface area contributed by atoms with Crippen molar-refractivity contribution in [3.05, 3.63) is 0 Å². The second kappa shape index (κ2) is 7.20. The van der Waals surface area contributed by atoms with E-state index < -0.39 is 5.97 Å². The van der Waals surface area contributed by atoms with Gasteiger partial charge in [0.2, 0.25) is 0 Å². The van der Waals surface area contributed by atoms with Crippen molar-refractivity contribution in [1.29, 1.82) is 0 Å². The molecule has 2 N–H and O–H groups in total. The summed E-state index contributed by atoms with van der Waals surface area (Å²) in [5, 5.41) is 11.6. The zero-order chi connectivity index (χ0) is 13.5. The number of carbonyl (C=O) groups is 2. The maximum Gasteiger partial charge on any atom is 0.317 e. The summed E-state index contributed by atoms with van der Waals surface area (Å²) in [4.78, 5) is 26.2. The van der Waals surface area contributed by atoms with E-state index in [1.165, 1.54) is 0 Å². The molecule has 1 aliphatic rings. The fraction of sp³-hybridized carbons (Fsp3) is 0.833. The molecule has 1 saturated heterocycles. The van der Waals surface area contributed by atoms with E-state index in [2.05, 4.69) is 5.32 Å². The van der Waals surface area contributed by atoms with Crippen LogP contribution in [0.5, 0.6) is 0 Å².